The third kappa shape index (κ3) is 3.74. The molecule has 114 valence electrons. The highest BCUT2D eigenvalue weighted by molar-refractivity contribution is 5.75. The SMILES string of the molecule is O=C(Oc1cccc(F)c1)Oc1ccccc1-c1ccccc1. The van der Waals surface area contributed by atoms with Gasteiger partial charge in [-0.25, -0.2) is 9.18 Å². The molecule has 0 amide bonds. The first-order valence-corrected chi connectivity index (χ1v) is 7.02. The van der Waals surface area contributed by atoms with Crippen molar-refractivity contribution in [1.29, 1.82) is 0 Å². The van der Waals surface area contributed by atoms with Crippen molar-refractivity contribution in [2.24, 2.45) is 0 Å². The lowest BCUT2D eigenvalue weighted by molar-refractivity contribution is 0.152. The van der Waals surface area contributed by atoms with E-state index in [0.29, 0.717) is 5.75 Å². The molecule has 3 nitrogen and oxygen atoms in total. The maximum Gasteiger partial charge on any atom is 0.519 e. The van der Waals surface area contributed by atoms with Crippen LogP contribution < -0.4 is 9.47 Å². The van der Waals surface area contributed by atoms with E-state index in [9.17, 15) is 9.18 Å². The summed E-state index contributed by atoms with van der Waals surface area (Å²) in [5.74, 6) is -0.0210. The van der Waals surface area contributed by atoms with E-state index in [-0.39, 0.29) is 5.75 Å². The quantitative estimate of drug-likeness (QED) is 0.500. The van der Waals surface area contributed by atoms with Gasteiger partial charge in [0.15, 0.2) is 0 Å². The van der Waals surface area contributed by atoms with Gasteiger partial charge in [-0.1, -0.05) is 54.6 Å². The molecule has 3 aromatic carbocycles. The van der Waals surface area contributed by atoms with Gasteiger partial charge in [0.25, 0.3) is 0 Å². The molecule has 0 saturated heterocycles. The number of carbonyl (C=O) groups is 1. The molecule has 0 N–H and O–H groups in total. The van der Waals surface area contributed by atoms with Crippen LogP contribution in [0.25, 0.3) is 11.1 Å². The molecular weight excluding hydrogens is 295 g/mol. The van der Waals surface area contributed by atoms with Gasteiger partial charge in [-0.3, -0.25) is 0 Å². The molecule has 0 spiro atoms. The zero-order valence-corrected chi connectivity index (χ0v) is 12.1. The molecule has 0 aromatic heterocycles. The number of rotatable bonds is 3. The van der Waals surface area contributed by atoms with E-state index in [1.807, 2.05) is 42.5 Å². The number of para-hydroxylation sites is 1. The topological polar surface area (TPSA) is 35.5 Å². The molecule has 0 fully saturated rings. The van der Waals surface area contributed by atoms with E-state index in [0.717, 1.165) is 17.2 Å². The third-order valence-electron chi connectivity index (χ3n) is 3.16. The van der Waals surface area contributed by atoms with Gasteiger partial charge >= 0.3 is 6.16 Å². The fourth-order valence-corrected chi connectivity index (χ4v) is 2.15. The molecular formula is C19H13FO3. The van der Waals surface area contributed by atoms with Gasteiger partial charge in [0, 0.05) is 11.6 Å². The molecule has 3 rings (SSSR count). The van der Waals surface area contributed by atoms with E-state index in [1.165, 1.54) is 18.2 Å². The molecule has 23 heavy (non-hydrogen) atoms. The summed E-state index contributed by atoms with van der Waals surface area (Å²) in [7, 11) is 0. The van der Waals surface area contributed by atoms with Crippen molar-refractivity contribution in [1.82, 2.24) is 0 Å². The molecule has 0 aliphatic carbocycles. The lowest BCUT2D eigenvalue weighted by atomic mass is 10.1. The van der Waals surface area contributed by atoms with Crippen LogP contribution in [-0.4, -0.2) is 6.16 Å². The zero-order chi connectivity index (χ0) is 16.1. The molecule has 0 saturated carbocycles. The molecule has 0 heterocycles. The lowest BCUT2D eigenvalue weighted by Gasteiger charge is -2.10. The van der Waals surface area contributed by atoms with Gasteiger partial charge in [0.2, 0.25) is 0 Å². The van der Waals surface area contributed by atoms with Crippen molar-refractivity contribution >= 4 is 6.16 Å². The maximum atomic E-state index is 13.1. The van der Waals surface area contributed by atoms with Crippen LogP contribution >= 0.6 is 0 Å². The Hall–Kier alpha value is -3.14. The highest BCUT2D eigenvalue weighted by Crippen LogP contribution is 2.29. The Bertz CT molecular complexity index is 816. The molecule has 4 heteroatoms. The number of hydrogen-bond donors (Lipinski definition) is 0. The van der Waals surface area contributed by atoms with Gasteiger partial charge < -0.3 is 9.47 Å². The number of hydrogen-bond acceptors (Lipinski definition) is 3. The van der Waals surface area contributed by atoms with Crippen LogP contribution in [-0.2, 0) is 0 Å². The normalized spacial score (nSPS) is 10.1. The second kappa shape index (κ2) is 6.75. The summed E-state index contributed by atoms with van der Waals surface area (Å²) in [6.07, 6.45) is -0.918. The van der Waals surface area contributed by atoms with Gasteiger partial charge in [-0.2, -0.15) is 0 Å². The third-order valence-corrected chi connectivity index (χ3v) is 3.16. The van der Waals surface area contributed by atoms with E-state index < -0.39 is 12.0 Å². The average molecular weight is 308 g/mol. The summed E-state index contributed by atoms with van der Waals surface area (Å²) in [5.41, 5.74) is 1.69. The van der Waals surface area contributed by atoms with E-state index in [1.54, 1.807) is 12.1 Å². The van der Waals surface area contributed by atoms with Crippen LogP contribution in [0.3, 0.4) is 0 Å². The van der Waals surface area contributed by atoms with Gasteiger partial charge in [0.05, 0.1) is 0 Å². The van der Waals surface area contributed by atoms with Gasteiger partial charge in [-0.05, 0) is 23.8 Å². The second-order valence-corrected chi connectivity index (χ2v) is 4.77. The van der Waals surface area contributed by atoms with Crippen LogP contribution in [0.2, 0.25) is 0 Å². The summed E-state index contributed by atoms with van der Waals surface area (Å²) in [4.78, 5) is 11.9. The smallest absolute Gasteiger partial charge is 0.395 e. The molecule has 0 bridgehead atoms. The first kappa shape index (κ1) is 14.8. The summed E-state index contributed by atoms with van der Waals surface area (Å²) in [5, 5.41) is 0. The van der Waals surface area contributed by atoms with Crippen LogP contribution in [0.5, 0.6) is 11.5 Å². The Morgan fingerprint density at radius 1 is 0.783 bits per heavy atom. The Morgan fingerprint density at radius 2 is 1.52 bits per heavy atom. The number of carbonyl (C=O) groups excluding carboxylic acids is 1. The van der Waals surface area contributed by atoms with Crippen LogP contribution in [0.1, 0.15) is 0 Å². The number of halogens is 1. The minimum absolute atomic E-state index is 0.0900. The average Bonchev–Trinajstić information content (AvgIpc) is 2.56. The lowest BCUT2D eigenvalue weighted by Crippen LogP contribution is -2.14. The fraction of sp³-hybridized carbons (Fsp3) is 0. The highest BCUT2D eigenvalue weighted by atomic mass is 19.1. The standard InChI is InChI=1S/C19H13FO3/c20-15-9-6-10-16(13-15)22-19(21)23-18-12-5-4-11-17(18)14-7-2-1-3-8-14/h1-13H. The Morgan fingerprint density at radius 3 is 2.30 bits per heavy atom. The van der Waals surface area contributed by atoms with Crippen LogP contribution in [0.4, 0.5) is 9.18 Å². The van der Waals surface area contributed by atoms with Gasteiger partial charge in [0.1, 0.15) is 17.3 Å². The molecule has 0 unspecified atom stereocenters. The monoisotopic (exact) mass is 308 g/mol. The van der Waals surface area contributed by atoms with E-state index in [2.05, 4.69) is 0 Å². The summed E-state index contributed by atoms with van der Waals surface area (Å²) >= 11 is 0. The predicted octanol–water partition coefficient (Wildman–Crippen LogP) is 5.07. The van der Waals surface area contributed by atoms with Crippen molar-refractivity contribution in [3.8, 4) is 22.6 Å². The Labute approximate surface area is 132 Å². The minimum atomic E-state index is -0.918. The predicted molar refractivity (Wildman–Crippen MR) is 84.9 cm³/mol. The van der Waals surface area contributed by atoms with Crippen molar-refractivity contribution < 1.29 is 18.7 Å². The van der Waals surface area contributed by atoms with Crippen molar-refractivity contribution in [3.05, 3.63) is 84.7 Å². The first-order valence-electron chi connectivity index (χ1n) is 7.02. The van der Waals surface area contributed by atoms with Crippen LogP contribution in [0, 0.1) is 5.82 Å². The van der Waals surface area contributed by atoms with Crippen LogP contribution in [0.15, 0.2) is 78.9 Å². The fourth-order valence-electron chi connectivity index (χ4n) is 2.15. The van der Waals surface area contributed by atoms with Crippen molar-refractivity contribution in [3.63, 3.8) is 0 Å². The van der Waals surface area contributed by atoms with Gasteiger partial charge in [-0.15, -0.1) is 0 Å². The van der Waals surface area contributed by atoms with Crippen molar-refractivity contribution in [2.75, 3.05) is 0 Å². The maximum absolute atomic E-state index is 13.1. The zero-order valence-electron chi connectivity index (χ0n) is 12.1. The molecule has 0 radical (unpaired) electrons. The molecule has 0 atom stereocenters. The summed E-state index contributed by atoms with van der Waals surface area (Å²) in [6, 6.07) is 22.0. The Balaban J connectivity index is 1.79. The molecule has 3 aromatic rings. The summed E-state index contributed by atoms with van der Waals surface area (Å²) in [6.45, 7) is 0. The Kier molecular flexibility index (Phi) is 4.34. The molecule has 0 aliphatic rings. The second-order valence-electron chi connectivity index (χ2n) is 4.77. The van der Waals surface area contributed by atoms with Crippen molar-refractivity contribution in [2.45, 2.75) is 0 Å². The van der Waals surface area contributed by atoms with E-state index in [4.69, 9.17) is 9.47 Å². The first-order chi connectivity index (χ1) is 11.2. The van der Waals surface area contributed by atoms with E-state index >= 15 is 0 Å². The largest absolute Gasteiger partial charge is 0.519 e. The number of benzene rings is 3. The minimum Gasteiger partial charge on any atom is -0.395 e. The summed E-state index contributed by atoms with van der Waals surface area (Å²) < 4.78 is 23.3. The highest BCUT2D eigenvalue weighted by Gasteiger charge is 2.12. The number of ether oxygens (including phenoxy) is 2. The molecule has 0 aliphatic heterocycles.